The molecule has 0 aromatic heterocycles. The van der Waals surface area contributed by atoms with Crippen LogP contribution < -0.4 is 5.32 Å². The quantitative estimate of drug-likeness (QED) is 0.749. The molecular formula is C12H22N2O. The molecule has 2 rings (SSSR count). The molecule has 86 valence electrons. The number of hydrogen-bond donors (Lipinski definition) is 1. The van der Waals surface area contributed by atoms with Crippen LogP contribution in [0.4, 0.5) is 0 Å². The second-order valence-corrected chi connectivity index (χ2v) is 4.98. The number of carbonyl (C=O) groups is 1. The normalized spacial score (nSPS) is 29.3. The van der Waals surface area contributed by atoms with Crippen molar-refractivity contribution in [2.75, 3.05) is 13.6 Å². The van der Waals surface area contributed by atoms with Crippen molar-refractivity contribution in [3.63, 3.8) is 0 Å². The highest BCUT2D eigenvalue weighted by Crippen LogP contribution is 2.19. The number of likely N-dealkylation sites (tertiary alicyclic amines) is 1. The Bertz CT molecular complexity index is 224. The molecule has 15 heavy (non-hydrogen) atoms. The molecule has 2 fully saturated rings. The standard InChI is InChI=1S/C12H22N2O/c1-14-9-5-8-11(14)12(15)13-10-6-3-2-4-7-10/h10-11H,2-9H2,1H3,(H,13,15)/t11-/m0/s1. The monoisotopic (exact) mass is 210 g/mol. The third-order valence-corrected chi connectivity index (χ3v) is 3.77. The van der Waals surface area contributed by atoms with Crippen molar-refractivity contribution in [2.45, 2.75) is 57.0 Å². The highest BCUT2D eigenvalue weighted by atomic mass is 16.2. The number of rotatable bonds is 2. The fourth-order valence-electron chi connectivity index (χ4n) is 2.79. The van der Waals surface area contributed by atoms with E-state index in [-0.39, 0.29) is 11.9 Å². The number of hydrogen-bond acceptors (Lipinski definition) is 2. The molecule has 3 nitrogen and oxygen atoms in total. The van der Waals surface area contributed by atoms with Gasteiger partial charge < -0.3 is 5.32 Å². The Labute approximate surface area is 92.2 Å². The van der Waals surface area contributed by atoms with Crippen molar-refractivity contribution in [3.8, 4) is 0 Å². The van der Waals surface area contributed by atoms with Gasteiger partial charge in [0.25, 0.3) is 0 Å². The average Bonchev–Trinajstić information content (AvgIpc) is 2.66. The van der Waals surface area contributed by atoms with Crippen LogP contribution in [0.1, 0.15) is 44.9 Å². The summed E-state index contributed by atoms with van der Waals surface area (Å²) >= 11 is 0. The topological polar surface area (TPSA) is 32.3 Å². The Kier molecular flexibility index (Phi) is 3.62. The zero-order chi connectivity index (χ0) is 10.7. The summed E-state index contributed by atoms with van der Waals surface area (Å²) in [6.07, 6.45) is 8.48. The van der Waals surface area contributed by atoms with Crippen LogP contribution in [0.3, 0.4) is 0 Å². The first-order valence-corrected chi connectivity index (χ1v) is 6.28. The van der Waals surface area contributed by atoms with Crippen LogP contribution in [-0.4, -0.2) is 36.5 Å². The van der Waals surface area contributed by atoms with Gasteiger partial charge in [-0.1, -0.05) is 19.3 Å². The maximum absolute atomic E-state index is 12.0. The van der Waals surface area contributed by atoms with Crippen LogP contribution in [0.5, 0.6) is 0 Å². The summed E-state index contributed by atoms with van der Waals surface area (Å²) in [4.78, 5) is 14.1. The van der Waals surface area contributed by atoms with Gasteiger partial charge in [0.2, 0.25) is 5.91 Å². The summed E-state index contributed by atoms with van der Waals surface area (Å²) in [5.41, 5.74) is 0. The largest absolute Gasteiger partial charge is 0.352 e. The van der Waals surface area contributed by atoms with E-state index in [0.717, 1.165) is 13.0 Å². The summed E-state index contributed by atoms with van der Waals surface area (Å²) in [7, 11) is 2.05. The van der Waals surface area contributed by atoms with Crippen LogP contribution >= 0.6 is 0 Å². The SMILES string of the molecule is CN1CCC[C@H]1C(=O)NC1CCCCC1. The molecule has 0 aromatic rings. The smallest absolute Gasteiger partial charge is 0.237 e. The van der Waals surface area contributed by atoms with Crippen molar-refractivity contribution in [2.24, 2.45) is 0 Å². The minimum atomic E-state index is 0.145. The minimum Gasteiger partial charge on any atom is -0.352 e. The van der Waals surface area contributed by atoms with Crippen molar-refractivity contribution in [3.05, 3.63) is 0 Å². The van der Waals surface area contributed by atoms with E-state index in [1.54, 1.807) is 0 Å². The van der Waals surface area contributed by atoms with Gasteiger partial charge in [-0.3, -0.25) is 9.69 Å². The molecule has 0 aromatic carbocycles. The van der Waals surface area contributed by atoms with Crippen LogP contribution in [0, 0.1) is 0 Å². The van der Waals surface area contributed by atoms with E-state index in [4.69, 9.17) is 0 Å². The van der Waals surface area contributed by atoms with Gasteiger partial charge in [0.15, 0.2) is 0 Å². The van der Waals surface area contributed by atoms with Crippen LogP contribution in [-0.2, 0) is 4.79 Å². The highest BCUT2D eigenvalue weighted by molar-refractivity contribution is 5.82. The van der Waals surface area contributed by atoms with Gasteiger partial charge in [-0.05, 0) is 39.3 Å². The van der Waals surface area contributed by atoms with Crippen molar-refractivity contribution in [1.29, 1.82) is 0 Å². The third kappa shape index (κ3) is 2.71. The Morgan fingerprint density at radius 1 is 1.13 bits per heavy atom. The fraction of sp³-hybridized carbons (Fsp3) is 0.917. The van der Waals surface area contributed by atoms with E-state index in [1.165, 1.54) is 38.5 Å². The fourth-order valence-corrected chi connectivity index (χ4v) is 2.79. The van der Waals surface area contributed by atoms with Crippen LogP contribution in [0.2, 0.25) is 0 Å². The molecule has 1 amide bonds. The van der Waals surface area contributed by atoms with E-state index in [0.29, 0.717) is 6.04 Å². The van der Waals surface area contributed by atoms with Crippen LogP contribution in [0.15, 0.2) is 0 Å². The van der Waals surface area contributed by atoms with Gasteiger partial charge in [0.05, 0.1) is 6.04 Å². The number of nitrogens with zero attached hydrogens (tertiary/aromatic N) is 1. The molecule has 0 bridgehead atoms. The zero-order valence-electron chi connectivity index (χ0n) is 9.67. The second-order valence-electron chi connectivity index (χ2n) is 4.98. The zero-order valence-corrected chi connectivity index (χ0v) is 9.67. The Hall–Kier alpha value is -0.570. The second kappa shape index (κ2) is 4.97. The lowest BCUT2D eigenvalue weighted by Gasteiger charge is -2.26. The molecule has 2 aliphatic rings. The van der Waals surface area contributed by atoms with E-state index in [2.05, 4.69) is 17.3 Å². The summed E-state index contributed by atoms with van der Waals surface area (Å²) in [6, 6.07) is 0.604. The van der Waals surface area contributed by atoms with E-state index < -0.39 is 0 Å². The lowest BCUT2D eigenvalue weighted by molar-refractivity contribution is -0.126. The molecule has 1 N–H and O–H groups in total. The molecule has 0 spiro atoms. The van der Waals surface area contributed by atoms with Crippen LogP contribution in [0.25, 0.3) is 0 Å². The number of nitrogens with one attached hydrogen (secondary N) is 1. The molecule has 1 atom stereocenters. The predicted octanol–water partition coefficient (Wildman–Crippen LogP) is 1.53. The number of amides is 1. The summed E-state index contributed by atoms with van der Waals surface area (Å²) in [5, 5.41) is 3.21. The van der Waals surface area contributed by atoms with Gasteiger partial charge in [0, 0.05) is 6.04 Å². The van der Waals surface area contributed by atoms with E-state index in [9.17, 15) is 4.79 Å². The first-order chi connectivity index (χ1) is 7.27. The lowest BCUT2D eigenvalue weighted by Crippen LogP contribution is -2.46. The first-order valence-electron chi connectivity index (χ1n) is 6.28. The molecule has 1 heterocycles. The Morgan fingerprint density at radius 3 is 2.47 bits per heavy atom. The van der Waals surface area contributed by atoms with E-state index in [1.807, 2.05) is 0 Å². The molecular weight excluding hydrogens is 188 g/mol. The van der Waals surface area contributed by atoms with Gasteiger partial charge in [0.1, 0.15) is 0 Å². The molecule has 1 aliphatic carbocycles. The molecule has 0 unspecified atom stereocenters. The third-order valence-electron chi connectivity index (χ3n) is 3.77. The highest BCUT2D eigenvalue weighted by Gasteiger charge is 2.29. The summed E-state index contributed by atoms with van der Waals surface area (Å²) < 4.78 is 0. The number of carbonyl (C=O) groups excluding carboxylic acids is 1. The minimum absolute atomic E-state index is 0.145. The maximum Gasteiger partial charge on any atom is 0.237 e. The van der Waals surface area contributed by atoms with Crippen molar-refractivity contribution < 1.29 is 4.79 Å². The molecule has 0 radical (unpaired) electrons. The number of likely N-dealkylation sites (N-methyl/N-ethyl adjacent to an activating group) is 1. The molecule has 1 saturated heterocycles. The van der Waals surface area contributed by atoms with Gasteiger partial charge in [-0.2, -0.15) is 0 Å². The first kappa shape index (κ1) is 10.9. The van der Waals surface area contributed by atoms with Crippen molar-refractivity contribution in [1.82, 2.24) is 10.2 Å². The Balaban J connectivity index is 1.80. The van der Waals surface area contributed by atoms with Crippen molar-refractivity contribution >= 4 is 5.91 Å². The summed E-state index contributed by atoms with van der Waals surface area (Å²) in [5.74, 6) is 0.266. The summed E-state index contributed by atoms with van der Waals surface area (Å²) in [6.45, 7) is 1.07. The molecule has 3 heteroatoms. The molecule has 1 aliphatic heterocycles. The van der Waals surface area contributed by atoms with Gasteiger partial charge >= 0.3 is 0 Å². The lowest BCUT2D eigenvalue weighted by atomic mass is 9.95. The average molecular weight is 210 g/mol. The maximum atomic E-state index is 12.0. The predicted molar refractivity (Wildman–Crippen MR) is 60.7 cm³/mol. The van der Waals surface area contributed by atoms with E-state index >= 15 is 0 Å². The Morgan fingerprint density at radius 2 is 1.87 bits per heavy atom. The molecule has 1 saturated carbocycles. The van der Waals surface area contributed by atoms with Gasteiger partial charge in [-0.25, -0.2) is 0 Å². The van der Waals surface area contributed by atoms with Gasteiger partial charge in [-0.15, -0.1) is 0 Å².